The SMILES string of the molecule is C[C@H]1CC[C@](O)(Cc2nc(C(C)(C)C)no2)C1. The Morgan fingerprint density at radius 3 is 2.65 bits per heavy atom. The molecule has 17 heavy (non-hydrogen) atoms. The van der Waals surface area contributed by atoms with Gasteiger partial charge in [-0.1, -0.05) is 32.9 Å². The Balaban J connectivity index is 2.07. The van der Waals surface area contributed by atoms with Crippen molar-refractivity contribution in [2.75, 3.05) is 0 Å². The lowest BCUT2D eigenvalue weighted by molar-refractivity contribution is 0.0368. The average Bonchev–Trinajstić information content (AvgIpc) is 2.73. The van der Waals surface area contributed by atoms with Crippen LogP contribution in [0.25, 0.3) is 0 Å². The molecule has 0 aromatic carbocycles. The molecule has 0 aliphatic heterocycles. The minimum Gasteiger partial charge on any atom is -0.389 e. The maximum absolute atomic E-state index is 10.4. The van der Waals surface area contributed by atoms with Crippen molar-refractivity contribution in [2.45, 2.75) is 64.4 Å². The molecule has 1 aliphatic rings. The summed E-state index contributed by atoms with van der Waals surface area (Å²) in [6.45, 7) is 8.32. The van der Waals surface area contributed by atoms with E-state index in [1.807, 2.05) is 20.8 Å². The van der Waals surface area contributed by atoms with E-state index < -0.39 is 5.60 Å². The van der Waals surface area contributed by atoms with Crippen LogP contribution in [0.3, 0.4) is 0 Å². The molecule has 2 atom stereocenters. The summed E-state index contributed by atoms with van der Waals surface area (Å²) in [5, 5.41) is 14.4. The Morgan fingerprint density at radius 2 is 2.18 bits per heavy atom. The van der Waals surface area contributed by atoms with Crippen LogP contribution < -0.4 is 0 Å². The molecule has 0 radical (unpaired) electrons. The van der Waals surface area contributed by atoms with Gasteiger partial charge in [-0.05, 0) is 25.2 Å². The van der Waals surface area contributed by atoms with Crippen LogP contribution >= 0.6 is 0 Å². The second-order valence-corrected chi connectivity index (χ2v) is 6.51. The van der Waals surface area contributed by atoms with Crippen molar-refractivity contribution in [3.63, 3.8) is 0 Å². The first-order valence-electron chi connectivity index (χ1n) is 6.34. The summed E-state index contributed by atoms with van der Waals surface area (Å²) >= 11 is 0. The maximum atomic E-state index is 10.4. The summed E-state index contributed by atoms with van der Waals surface area (Å²) in [7, 11) is 0. The zero-order chi connectivity index (χ0) is 12.7. The van der Waals surface area contributed by atoms with Gasteiger partial charge in [-0.2, -0.15) is 4.98 Å². The molecule has 1 fully saturated rings. The van der Waals surface area contributed by atoms with Crippen molar-refractivity contribution in [3.05, 3.63) is 11.7 Å². The highest BCUT2D eigenvalue weighted by atomic mass is 16.5. The van der Waals surface area contributed by atoms with Crippen molar-refractivity contribution in [1.82, 2.24) is 10.1 Å². The van der Waals surface area contributed by atoms with Gasteiger partial charge >= 0.3 is 0 Å². The molecule has 0 spiro atoms. The standard InChI is InChI=1S/C13H22N2O2/c1-9-5-6-13(16,7-9)8-10-14-11(15-17-10)12(2,3)4/h9,16H,5-8H2,1-4H3/t9-,13+/m0/s1. The average molecular weight is 238 g/mol. The van der Waals surface area contributed by atoms with Crippen LogP contribution in [-0.4, -0.2) is 20.8 Å². The number of nitrogens with zero attached hydrogens (tertiary/aromatic N) is 2. The third-order valence-corrected chi connectivity index (χ3v) is 3.45. The molecular formula is C13H22N2O2. The Morgan fingerprint density at radius 1 is 1.47 bits per heavy atom. The van der Waals surface area contributed by atoms with E-state index in [1.165, 1.54) is 0 Å². The molecule has 4 nitrogen and oxygen atoms in total. The van der Waals surface area contributed by atoms with Gasteiger partial charge in [-0.25, -0.2) is 0 Å². The van der Waals surface area contributed by atoms with Crippen LogP contribution in [0.1, 0.15) is 58.7 Å². The smallest absolute Gasteiger partial charge is 0.229 e. The number of rotatable bonds is 2. The molecule has 1 aliphatic carbocycles. The predicted octanol–water partition coefficient (Wildman–Crippen LogP) is 2.46. The third-order valence-electron chi connectivity index (χ3n) is 3.45. The molecular weight excluding hydrogens is 216 g/mol. The highest BCUT2D eigenvalue weighted by Gasteiger charge is 2.37. The number of aromatic nitrogens is 2. The maximum Gasteiger partial charge on any atom is 0.229 e. The number of hydrogen-bond acceptors (Lipinski definition) is 4. The minimum atomic E-state index is -0.638. The van der Waals surface area contributed by atoms with Crippen LogP contribution in [0.15, 0.2) is 4.52 Å². The van der Waals surface area contributed by atoms with E-state index in [-0.39, 0.29) is 5.41 Å². The van der Waals surface area contributed by atoms with E-state index in [4.69, 9.17) is 4.52 Å². The van der Waals surface area contributed by atoms with E-state index in [1.54, 1.807) is 0 Å². The molecule has 2 rings (SSSR count). The topological polar surface area (TPSA) is 59.2 Å². The first-order chi connectivity index (χ1) is 7.78. The second-order valence-electron chi connectivity index (χ2n) is 6.51. The van der Waals surface area contributed by atoms with Gasteiger partial charge in [0, 0.05) is 5.41 Å². The van der Waals surface area contributed by atoms with Gasteiger partial charge in [0.25, 0.3) is 0 Å². The molecule has 0 bridgehead atoms. The third kappa shape index (κ3) is 2.86. The predicted molar refractivity (Wildman–Crippen MR) is 64.7 cm³/mol. The summed E-state index contributed by atoms with van der Waals surface area (Å²) in [5.41, 5.74) is -0.742. The van der Waals surface area contributed by atoms with Crippen LogP contribution in [0.2, 0.25) is 0 Å². The summed E-state index contributed by atoms with van der Waals surface area (Å²) < 4.78 is 5.23. The van der Waals surface area contributed by atoms with Gasteiger partial charge in [0.15, 0.2) is 5.82 Å². The monoisotopic (exact) mass is 238 g/mol. The van der Waals surface area contributed by atoms with E-state index in [0.29, 0.717) is 24.1 Å². The molecule has 1 aromatic rings. The number of hydrogen-bond donors (Lipinski definition) is 1. The molecule has 1 heterocycles. The Hall–Kier alpha value is -0.900. The largest absolute Gasteiger partial charge is 0.389 e. The van der Waals surface area contributed by atoms with Gasteiger partial charge in [-0.3, -0.25) is 0 Å². The van der Waals surface area contributed by atoms with E-state index >= 15 is 0 Å². The van der Waals surface area contributed by atoms with Gasteiger partial charge in [0.05, 0.1) is 12.0 Å². The molecule has 0 saturated heterocycles. The molecule has 1 N–H and O–H groups in total. The van der Waals surface area contributed by atoms with E-state index in [0.717, 1.165) is 19.3 Å². The van der Waals surface area contributed by atoms with Crippen molar-refractivity contribution in [2.24, 2.45) is 5.92 Å². The summed E-state index contributed by atoms with van der Waals surface area (Å²) in [5.74, 6) is 1.86. The molecule has 0 amide bonds. The first kappa shape index (κ1) is 12.6. The summed E-state index contributed by atoms with van der Waals surface area (Å²) in [6.07, 6.45) is 3.23. The fourth-order valence-electron chi connectivity index (χ4n) is 2.44. The lowest BCUT2D eigenvalue weighted by Crippen LogP contribution is -2.28. The highest BCUT2D eigenvalue weighted by molar-refractivity contribution is 5.02. The van der Waals surface area contributed by atoms with Crippen LogP contribution in [0.4, 0.5) is 0 Å². The van der Waals surface area contributed by atoms with Crippen LogP contribution in [0, 0.1) is 5.92 Å². The van der Waals surface area contributed by atoms with Crippen LogP contribution in [0.5, 0.6) is 0 Å². The molecule has 1 saturated carbocycles. The van der Waals surface area contributed by atoms with Crippen molar-refractivity contribution >= 4 is 0 Å². The molecule has 4 heteroatoms. The van der Waals surface area contributed by atoms with Gasteiger partial charge in [0.1, 0.15) is 0 Å². The van der Waals surface area contributed by atoms with Gasteiger partial charge in [-0.15, -0.1) is 0 Å². The second kappa shape index (κ2) is 4.09. The highest BCUT2D eigenvalue weighted by Crippen LogP contribution is 2.36. The normalized spacial score (nSPS) is 29.8. The zero-order valence-electron chi connectivity index (χ0n) is 11.2. The van der Waals surface area contributed by atoms with Crippen molar-refractivity contribution < 1.29 is 9.63 Å². The zero-order valence-corrected chi connectivity index (χ0v) is 11.2. The first-order valence-corrected chi connectivity index (χ1v) is 6.34. The molecule has 1 aromatic heterocycles. The van der Waals surface area contributed by atoms with Gasteiger partial charge in [0.2, 0.25) is 5.89 Å². The Bertz CT molecular complexity index is 394. The van der Waals surface area contributed by atoms with E-state index in [2.05, 4.69) is 17.1 Å². The Labute approximate surface area is 102 Å². The van der Waals surface area contributed by atoms with Gasteiger partial charge < -0.3 is 9.63 Å². The van der Waals surface area contributed by atoms with Crippen LogP contribution in [-0.2, 0) is 11.8 Å². The lowest BCUT2D eigenvalue weighted by atomic mass is 9.95. The van der Waals surface area contributed by atoms with E-state index in [9.17, 15) is 5.11 Å². The van der Waals surface area contributed by atoms with Crippen molar-refractivity contribution in [3.8, 4) is 0 Å². The molecule has 0 unspecified atom stereocenters. The van der Waals surface area contributed by atoms with Crippen molar-refractivity contribution in [1.29, 1.82) is 0 Å². The fourth-order valence-corrected chi connectivity index (χ4v) is 2.44. The quantitative estimate of drug-likeness (QED) is 0.859. The lowest BCUT2D eigenvalue weighted by Gasteiger charge is -2.19. The summed E-state index contributed by atoms with van der Waals surface area (Å²) in [6, 6.07) is 0. The summed E-state index contributed by atoms with van der Waals surface area (Å²) in [4.78, 5) is 4.38. The minimum absolute atomic E-state index is 0.104. The fraction of sp³-hybridized carbons (Fsp3) is 0.846. The molecule has 96 valence electrons. The Kier molecular flexibility index (Phi) is 3.02. The number of aliphatic hydroxyl groups is 1.